The smallest absolute Gasteiger partial charge is 0.186 e. The number of aromatic nitrogens is 1. The number of pyridine rings is 1. The quantitative estimate of drug-likeness (QED) is 0.156. The van der Waals surface area contributed by atoms with Crippen molar-refractivity contribution in [2.75, 3.05) is 34.4 Å². The van der Waals surface area contributed by atoms with Gasteiger partial charge in [-0.2, -0.15) is 25.5 Å². The van der Waals surface area contributed by atoms with Gasteiger partial charge in [0.05, 0.1) is 42.8 Å². The molecule has 1 aromatic rings. The molecule has 12 atom stereocenters. The summed E-state index contributed by atoms with van der Waals surface area (Å²) in [5.41, 5.74) is -0.310. The number of ether oxygens (including phenoxy) is 6. The van der Waals surface area contributed by atoms with Crippen molar-refractivity contribution in [1.82, 2.24) is 9.88 Å². The number of aliphatic hydroxyl groups is 1. The number of fused-ring (bicyclic) bond motifs is 5. The van der Waals surface area contributed by atoms with E-state index in [1.54, 1.807) is 40.1 Å². The summed E-state index contributed by atoms with van der Waals surface area (Å²) in [6.07, 6.45) is -1.49. The Hall–Kier alpha value is 4.69. The minimum Gasteiger partial charge on any atom is -0.481 e. The maximum Gasteiger partial charge on any atom is 0.186 e. The maximum absolute atomic E-state index is 14.4. The number of likely N-dealkylation sites (N-methyl/N-ethyl adjacent to an activating group) is 1. The molecular formula is C42H66N3O10Y7-3. The van der Waals surface area contributed by atoms with Crippen LogP contribution in [0.15, 0.2) is 35.6 Å². The van der Waals surface area contributed by atoms with Crippen molar-refractivity contribution in [3.63, 3.8) is 0 Å². The summed E-state index contributed by atoms with van der Waals surface area (Å²) in [6.45, 7) is 22.7. The first-order valence-corrected chi connectivity index (χ1v) is 19.0. The van der Waals surface area contributed by atoms with Crippen molar-refractivity contribution < 1.29 is 278 Å². The predicted octanol–water partition coefficient (Wildman–Crippen LogP) is 5.31. The van der Waals surface area contributed by atoms with E-state index in [0.717, 1.165) is 11.1 Å². The minimum atomic E-state index is -1.70. The van der Waals surface area contributed by atoms with Gasteiger partial charge in [-0.05, 0) is 60.0 Å². The van der Waals surface area contributed by atoms with Crippen LogP contribution in [0.2, 0.25) is 0 Å². The molecule has 20 heteroatoms. The van der Waals surface area contributed by atoms with Crippen LogP contribution in [0.25, 0.3) is 0 Å². The van der Waals surface area contributed by atoms with E-state index in [9.17, 15) is 14.7 Å². The second kappa shape index (κ2) is 34.9. The number of carbonyl (C=O) groups excluding carboxylic acids is 2. The van der Waals surface area contributed by atoms with Crippen molar-refractivity contribution in [2.24, 2.45) is 22.9 Å². The van der Waals surface area contributed by atoms with Gasteiger partial charge in [-0.25, -0.2) is 7.29 Å². The van der Waals surface area contributed by atoms with Gasteiger partial charge < -0.3 is 60.4 Å². The SMILES string of the molecule is C=C1[C@H](C)C[C@@]2(C)OC/C(=N/OCc3ccc([CH2-])cn3)CO[C@H]([C@H]1C)[C@](C)(O)[C@@H](CC)OC(=O)[C-](C)C(=O)[C@H](C)[C@H]2OC1O[C@H](C)C[C@H](N(C)C)[C@H]1OC.[3H][CH2-].[Y].[Y].[Y].[Y].[Y].[Y].[Y]. The minimum absolute atomic E-state index is 0. The Morgan fingerprint density at radius 2 is 1.68 bits per heavy atom. The van der Waals surface area contributed by atoms with Gasteiger partial charge in [-0.1, -0.05) is 57.3 Å². The number of carbonyl (C=O) groups is 2. The molecule has 62 heavy (non-hydrogen) atoms. The number of nitrogens with zero attached hydrogens (tertiary/aromatic N) is 3. The van der Waals surface area contributed by atoms with Crippen LogP contribution in [0, 0.1) is 38.0 Å². The summed E-state index contributed by atoms with van der Waals surface area (Å²) in [4.78, 5) is 40.4. The molecule has 0 aromatic carbocycles. The fraction of sp³-hybridized carbons (Fsp3) is 0.690. The molecule has 1 unspecified atom stereocenters. The number of hydrogen-bond donors (Lipinski definition) is 1. The molecule has 4 heterocycles. The van der Waals surface area contributed by atoms with Gasteiger partial charge in [0.15, 0.2) is 18.9 Å². The van der Waals surface area contributed by atoms with Gasteiger partial charge in [0.25, 0.3) is 0 Å². The van der Waals surface area contributed by atoms with Crippen LogP contribution in [-0.2, 0) is 278 Å². The third-order valence-electron chi connectivity index (χ3n) is 11.5. The Morgan fingerprint density at radius 1 is 1.06 bits per heavy atom. The van der Waals surface area contributed by atoms with E-state index in [2.05, 4.69) is 35.9 Å². The Bertz CT molecular complexity index is 1510. The van der Waals surface area contributed by atoms with Crippen LogP contribution in [0.3, 0.4) is 0 Å². The number of rotatable bonds is 8. The average molecular weight is 1400 g/mol. The summed E-state index contributed by atoms with van der Waals surface area (Å²) in [7, 11) is 8.09. The van der Waals surface area contributed by atoms with Gasteiger partial charge in [0, 0.05) is 260 Å². The zero-order chi connectivity index (χ0) is 42.1. The Labute approximate surface area is 550 Å². The summed E-state index contributed by atoms with van der Waals surface area (Å²) in [5.74, 6) is -2.99. The monoisotopic (exact) mass is 1400 g/mol. The van der Waals surface area contributed by atoms with Gasteiger partial charge in [-0.15, -0.1) is 0 Å². The summed E-state index contributed by atoms with van der Waals surface area (Å²) < 4.78 is 44.3. The van der Waals surface area contributed by atoms with E-state index >= 15 is 0 Å². The number of hydrogen-bond acceptors (Lipinski definition) is 13. The number of cyclic esters (lactones) is 1. The molecule has 0 amide bonds. The van der Waals surface area contributed by atoms with Crippen molar-refractivity contribution in [1.29, 1.82) is 0 Å². The first-order valence-electron chi connectivity index (χ1n) is 19.7. The second-order valence-corrected chi connectivity index (χ2v) is 16.0. The summed E-state index contributed by atoms with van der Waals surface area (Å²) >= 11 is 0. The zero-order valence-corrected chi connectivity index (χ0v) is 58.7. The van der Waals surface area contributed by atoms with Crippen LogP contribution in [-0.4, -0.2) is 121 Å². The predicted molar refractivity (Wildman–Crippen MR) is 209 cm³/mol. The number of esters is 1. The normalized spacial score (nSPS) is 33.6. The summed E-state index contributed by atoms with van der Waals surface area (Å²) in [6, 6.07) is 3.60. The molecule has 3 fully saturated rings. The third kappa shape index (κ3) is 19.9. The van der Waals surface area contributed by atoms with Crippen molar-refractivity contribution in [3.05, 3.63) is 62.0 Å². The van der Waals surface area contributed by atoms with E-state index in [1.165, 1.54) is 6.92 Å². The van der Waals surface area contributed by atoms with Crippen molar-refractivity contribution in [3.8, 4) is 0 Å². The van der Waals surface area contributed by atoms with Gasteiger partial charge in [-0.3, -0.25) is 4.79 Å². The van der Waals surface area contributed by atoms with E-state index in [1.807, 2.05) is 47.9 Å². The van der Waals surface area contributed by atoms with Crippen LogP contribution in [0.1, 0.15) is 87.3 Å². The van der Waals surface area contributed by atoms with E-state index < -0.39 is 65.5 Å². The van der Waals surface area contributed by atoms with Crippen LogP contribution < -0.4 is 0 Å². The Kier molecular flexibility index (Phi) is 41.3. The number of ketones is 1. The van der Waals surface area contributed by atoms with Gasteiger partial charge in [0.2, 0.25) is 0 Å². The topological polar surface area (TPSA) is 147 Å². The van der Waals surface area contributed by atoms with E-state index in [4.69, 9.17) is 34.6 Å². The fourth-order valence-electron chi connectivity index (χ4n) is 8.15. The third-order valence-corrected chi connectivity index (χ3v) is 11.5. The molecule has 0 spiro atoms. The molecule has 1 aromatic heterocycles. The molecule has 333 valence electrons. The molecular weight excluding hydrogens is 1330 g/mol. The standard InChI is InChI=1S/C41H63N3O10.CH3.7Y/c1-14-33-41(10,47)37-27(6)26(5)24(3)18-40(9,50-21-31(20-49-37)43-51-22-30-16-15-23(2)19-42-30)36(28(7)34(45)29(8)38(46)53-33)54-39-35(48-13)32(44(11)12)17-25(4)52-39;;;;;;;;/h15-16,19,24-25,27-28,32-33,35-37,39,47H,2,5,14,17-18,20-22H2,1,3-4,6-13H3;1H3;;;;;;;/q-2;-1;;;;;;;/b43-31+;;;;;;;;/t24-,25-,27+,28+,32+,33-,35-,36-,37-,39?,40-,41-;;;;;;;;/m1......../s1/i;1T;;;;;;;. The van der Waals surface area contributed by atoms with Crippen LogP contribution >= 0.6 is 0 Å². The largest absolute Gasteiger partial charge is 0.481 e. The van der Waals surface area contributed by atoms with Crippen LogP contribution in [0.4, 0.5) is 0 Å². The fourth-order valence-corrected chi connectivity index (χ4v) is 8.15. The first-order chi connectivity index (χ1) is 26.3. The molecule has 4 rings (SSSR count). The van der Waals surface area contributed by atoms with E-state index in [-0.39, 0.29) is 279 Å². The molecule has 13 nitrogen and oxygen atoms in total. The van der Waals surface area contributed by atoms with Crippen LogP contribution in [0.5, 0.6) is 0 Å². The Balaban J connectivity index is -0.00000123. The van der Waals surface area contributed by atoms with Crippen molar-refractivity contribution in [2.45, 2.75) is 135 Å². The number of methoxy groups -OCH3 is 1. The van der Waals surface area contributed by atoms with Gasteiger partial charge >= 0.3 is 0 Å². The second-order valence-electron chi connectivity index (χ2n) is 16.0. The zero-order valence-electron chi connectivity index (χ0n) is 39.9. The molecule has 0 saturated carbocycles. The molecule has 0 aliphatic carbocycles. The first kappa shape index (κ1) is 73.2. The van der Waals surface area contributed by atoms with Gasteiger partial charge in [0.1, 0.15) is 23.5 Å². The van der Waals surface area contributed by atoms with E-state index in [0.29, 0.717) is 24.2 Å². The van der Waals surface area contributed by atoms with Crippen molar-refractivity contribution >= 4 is 17.5 Å². The summed E-state index contributed by atoms with van der Waals surface area (Å²) in [5, 5.41) is 16.7. The molecule has 3 aliphatic heterocycles. The maximum atomic E-state index is 14.4. The number of Topliss-reactive ketones (excluding diaryl/α,β-unsaturated/α-hetero) is 1. The molecule has 3 aliphatic rings. The Morgan fingerprint density at radius 3 is 2.21 bits per heavy atom. The molecule has 7 radical (unpaired) electrons. The average Bonchev–Trinajstić information content (AvgIpc) is 3.18. The molecule has 2 bridgehead atoms. The number of oxime groups is 1. The molecule has 1 N–H and O–H groups in total. The molecule has 3 saturated heterocycles.